The van der Waals surface area contributed by atoms with Crippen molar-refractivity contribution in [3.05, 3.63) is 87.9 Å². The van der Waals surface area contributed by atoms with Gasteiger partial charge in [-0.25, -0.2) is 4.79 Å². The Bertz CT molecular complexity index is 963. The Morgan fingerprint density at radius 3 is 2.54 bits per heavy atom. The molecule has 0 aliphatic heterocycles. The standard InChI is InChI=1S/C22H19ClO3/c1-14-6-8-19(15(2)10-14)17-7-9-21(20(12-17)22(24)25)26-13-16-4-3-5-18(23)11-16/h3-12H,13H2,1-2H3,(H,24,25). The number of halogens is 1. The lowest BCUT2D eigenvalue weighted by Crippen LogP contribution is -2.04. The minimum absolute atomic E-state index is 0.143. The van der Waals surface area contributed by atoms with Crippen molar-refractivity contribution in [3.8, 4) is 16.9 Å². The smallest absolute Gasteiger partial charge is 0.339 e. The minimum Gasteiger partial charge on any atom is -0.488 e. The van der Waals surface area contributed by atoms with Gasteiger partial charge in [-0.3, -0.25) is 0 Å². The summed E-state index contributed by atoms with van der Waals surface area (Å²) in [5, 5.41) is 10.2. The van der Waals surface area contributed by atoms with Crippen LogP contribution >= 0.6 is 11.6 Å². The number of benzene rings is 3. The van der Waals surface area contributed by atoms with Crippen LogP contribution in [0.15, 0.2) is 60.7 Å². The second kappa shape index (κ2) is 7.63. The predicted molar refractivity (Wildman–Crippen MR) is 104 cm³/mol. The summed E-state index contributed by atoms with van der Waals surface area (Å²) in [6.07, 6.45) is 0. The molecule has 3 rings (SSSR count). The zero-order valence-electron chi connectivity index (χ0n) is 14.6. The molecule has 3 nitrogen and oxygen atoms in total. The van der Waals surface area contributed by atoms with Crippen LogP contribution < -0.4 is 4.74 Å². The Kier molecular flexibility index (Phi) is 5.29. The summed E-state index contributed by atoms with van der Waals surface area (Å²) < 4.78 is 5.74. The predicted octanol–water partition coefficient (Wildman–Crippen LogP) is 5.90. The quantitative estimate of drug-likeness (QED) is 0.611. The van der Waals surface area contributed by atoms with Crippen LogP contribution in [-0.2, 0) is 6.61 Å². The fraction of sp³-hybridized carbons (Fsp3) is 0.136. The van der Waals surface area contributed by atoms with Crippen molar-refractivity contribution in [3.63, 3.8) is 0 Å². The number of aromatic carboxylic acids is 1. The fourth-order valence-corrected chi connectivity index (χ4v) is 3.13. The van der Waals surface area contributed by atoms with Crippen LogP contribution in [0.25, 0.3) is 11.1 Å². The largest absolute Gasteiger partial charge is 0.488 e. The Balaban J connectivity index is 1.90. The van der Waals surface area contributed by atoms with Gasteiger partial charge in [0.25, 0.3) is 0 Å². The fourth-order valence-electron chi connectivity index (χ4n) is 2.92. The van der Waals surface area contributed by atoms with Crippen molar-refractivity contribution < 1.29 is 14.6 Å². The lowest BCUT2D eigenvalue weighted by molar-refractivity contribution is 0.0692. The van der Waals surface area contributed by atoms with Crippen molar-refractivity contribution in [1.82, 2.24) is 0 Å². The molecule has 0 saturated carbocycles. The van der Waals surface area contributed by atoms with Crippen molar-refractivity contribution in [2.45, 2.75) is 20.5 Å². The molecule has 0 aliphatic carbocycles. The van der Waals surface area contributed by atoms with Crippen molar-refractivity contribution >= 4 is 17.6 Å². The molecule has 132 valence electrons. The van der Waals surface area contributed by atoms with Crippen molar-refractivity contribution in [1.29, 1.82) is 0 Å². The van der Waals surface area contributed by atoms with Gasteiger partial charge in [0.15, 0.2) is 0 Å². The molecule has 0 atom stereocenters. The molecule has 0 heterocycles. The van der Waals surface area contributed by atoms with Crippen LogP contribution in [0, 0.1) is 13.8 Å². The first kappa shape index (κ1) is 18.0. The van der Waals surface area contributed by atoms with E-state index in [1.807, 2.05) is 44.2 Å². The number of carboxylic acid groups (broad SMARTS) is 1. The van der Waals surface area contributed by atoms with E-state index >= 15 is 0 Å². The number of hydrogen-bond donors (Lipinski definition) is 1. The van der Waals surface area contributed by atoms with Gasteiger partial charge in [-0.05, 0) is 60.4 Å². The van der Waals surface area contributed by atoms with Gasteiger partial charge in [-0.2, -0.15) is 0 Å². The first-order chi connectivity index (χ1) is 12.4. The summed E-state index contributed by atoms with van der Waals surface area (Å²) >= 11 is 5.97. The lowest BCUT2D eigenvalue weighted by atomic mass is 9.97. The molecule has 0 aliphatic rings. The van der Waals surface area contributed by atoms with Gasteiger partial charge >= 0.3 is 5.97 Å². The SMILES string of the molecule is Cc1ccc(-c2ccc(OCc3cccc(Cl)c3)c(C(=O)O)c2)c(C)c1. The molecule has 0 spiro atoms. The van der Waals surface area contributed by atoms with Gasteiger partial charge < -0.3 is 9.84 Å². The first-order valence-electron chi connectivity index (χ1n) is 8.26. The van der Waals surface area contributed by atoms with E-state index in [0.29, 0.717) is 10.8 Å². The van der Waals surface area contributed by atoms with Crippen molar-refractivity contribution in [2.24, 2.45) is 0 Å². The number of carboxylic acids is 1. The lowest BCUT2D eigenvalue weighted by Gasteiger charge is -2.13. The number of aryl methyl sites for hydroxylation is 2. The molecule has 0 fully saturated rings. The molecule has 1 N–H and O–H groups in total. The van der Waals surface area contributed by atoms with Gasteiger partial charge in [-0.1, -0.05) is 53.6 Å². The second-order valence-electron chi connectivity index (χ2n) is 6.25. The first-order valence-corrected chi connectivity index (χ1v) is 8.64. The molecule has 3 aromatic rings. The monoisotopic (exact) mass is 366 g/mol. The average Bonchev–Trinajstić information content (AvgIpc) is 2.60. The Labute approximate surface area is 157 Å². The van der Waals surface area contributed by atoms with Crippen LogP contribution in [0.3, 0.4) is 0 Å². The molecule has 0 radical (unpaired) electrons. The van der Waals surface area contributed by atoms with E-state index in [1.165, 1.54) is 5.56 Å². The Hall–Kier alpha value is -2.78. The topological polar surface area (TPSA) is 46.5 Å². The molecule has 0 aromatic heterocycles. The molecule has 0 amide bonds. The van der Waals surface area contributed by atoms with Crippen LogP contribution in [0.5, 0.6) is 5.75 Å². The molecule has 0 bridgehead atoms. The summed E-state index contributed by atoms with van der Waals surface area (Å²) in [5.74, 6) is -0.677. The highest BCUT2D eigenvalue weighted by Crippen LogP contribution is 2.30. The van der Waals surface area contributed by atoms with Gasteiger partial charge in [0, 0.05) is 5.02 Å². The van der Waals surface area contributed by atoms with E-state index in [0.717, 1.165) is 22.3 Å². The van der Waals surface area contributed by atoms with Crippen LogP contribution in [-0.4, -0.2) is 11.1 Å². The van der Waals surface area contributed by atoms with E-state index in [2.05, 4.69) is 6.07 Å². The maximum absolute atomic E-state index is 11.7. The summed E-state index contributed by atoms with van der Waals surface area (Å²) in [6, 6.07) is 18.7. The van der Waals surface area contributed by atoms with Gasteiger partial charge in [0.05, 0.1) is 0 Å². The average molecular weight is 367 g/mol. The normalized spacial score (nSPS) is 10.6. The van der Waals surface area contributed by atoms with E-state index in [-0.39, 0.29) is 12.2 Å². The molecular formula is C22H19ClO3. The zero-order chi connectivity index (χ0) is 18.7. The third kappa shape index (κ3) is 4.06. The highest BCUT2D eigenvalue weighted by molar-refractivity contribution is 6.30. The Morgan fingerprint density at radius 2 is 1.85 bits per heavy atom. The van der Waals surface area contributed by atoms with E-state index in [1.54, 1.807) is 24.3 Å². The van der Waals surface area contributed by atoms with Gasteiger partial charge in [0.1, 0.15) is 17.9 Å². The molecule has 3 aromatic carbocycles. The highest BCUT2D eigenvalue weighted by atomic mass is 35.5. The van der Waals surface area contributed by atoms with Crippen molar-refractivity contribution in [2.75, 3.05) is 0 Å². The summed E-state index contributed by atoms with van der Waals surface area (Å²) in [7, 11) is 0. The Morgan fingerprint density at radius 1 is 1.04 bits per heavy atom. The van der Waals surface area contributed by atoms with Gasteiger partial charge in [-0.15, -0.1) is 0 Å². The third-order valence-corrected chi connectivity index (χ3v) is 4.42. The molecule has 26 heavy (non-hydrogen) atoms. The van der Waals surface area contributed by atoms with E-state index < -0.39 is 5.97 Å². The number of carbonyl (C=O) groups is 1. The maximum Gasteiger partial charge on any atom is 0.339 e. The van der Waals surface area contributed by atoms with Crippen LogP contribution in [0.4, 0.5) is 0 Å². The maximum atomic E-state index is 11.7. The summed E-state index contributed by atoms with van der Waals surface area (Å²) in [6.45, 7) is 4.31. The highest BCUT2D eigenvalue weighted by Gasteiger charge is 2.14. The number of rotatable bonds is 5. The summed E-state index contributed by atoms with van der Waals surface area (Å²) in [4.78, 5) is 11.7. The second-order valence-corrected chi connectivity index (χ2v) is 6.69. The molecule has 0 unspecified atom stereocenters. The molecule has 0 saturated heterocycles. The van der Waals surface area contributed by atoms with E-state index in [4.69, 9.17) is 16.3 Å². The molecule has 4 heteroatoms. The summed E-state index contributed by atoms with van der Waals surface area (Å²) in [5.41, 5.74) is 5.17. The van der Waals surface area contributed by atoms with Crippen LogP contribution in [0.1, 0.15) is 27.0 Å². The van der Waals surface area contributed by atoms with E-state index in [9.17, 15) is 9.90 Å². The number of ether oxygens (including phenoxy) is 1. The van der Waals surface area contributed by atoms with Crippen LogP contribution in [0.2, 0.25) is 5.02 Å². The zero-order valence-corrected chi connectivity index (χ0v) is 15.4. The molecular weight excluding hydrogens is 348 g/mol. The third-order valence-electron chi connectivity index (χ3n) is 4.19. The number of hydrogen-bond acceptors (Lipinski definition) is 2. The minimum atomic E-state index is -1.02. The van der Waals surface area contributed by atoms with Gasteiger partial charge in [0.2, 0.25) is 0 Å².